The number of hydrogen-bond donors (Lipinski definition) is 1. The molecule has 0 saturated carbocycles. The molecule has 1 heterocycles. The summed E-state index contributed by atoms with van der Waals surface area (Å²) < 4.78 is 41.0. The van der Waals surface area contributed by atoms with Crippen LogP contribution in [-0.4, -0.2) is 38.4 Å². The third-order valence-electron chi connectivity index (χ3n) is 4.18. The molecule has 128 valence electrons. The number of benzene rings is 1. The Hall–Kier alpha value is -1.47. The van der Waals surface area contributed by atoms with Gasteiger partial charge in [-0.05, 0) is 18.4 Å². The van der Waals surface area contributed by atoms with Crippen LogP contribution in [0.4, 0.5) is 4.39 Å². The van der Waals surface area contributed by atoms with Crippen LogP contribution >= 0.6 is 0 Å². The lowest BCUT2D eigenvalue weighted by molar-refractivity contribution is -0.127. The van der Waals surface area contributed by atoms with Crippen molar-refractivity contribution in [1.29, 1.82) is 0 Å². The molecule has 1 aromatic carbocycles. The second-order valence-corrected chi connectivity index (χ2v) is 7.80. The number of halogens is 1. The fourth-order valence-electron chi connectivity index (χ4n) is 3.02. The van der Waals surface area contributed by atoms with Crippen molar-refractivity contribution in [3.8, 4) is 0 Å². The minimum Gasteiger partial charge on any atom is -0.341 e. The molecule has 5 nitrogen and oxygen atoms in total. The summed E-state index contributed by atoms with van der Waals surface area (Å²) in [5.74, 6) is -0.879. The summed E-state index contributed by atoms with van der Waals surface area (Å²) in [5, 5.41) is 0. The number of nitrogens with zero attached hydrogens (tertiary/aromatic N) is 1. The SMILES string of the molecule is CCC[C@H]1CN(C(C)=O)C[C@@H]1NS(=O)(=O)Cc1ccccc1F. The van der Waals surface area contributed by atoms with E-state index >= 15 is 0 Å². The van der Waals surface area contributed by atoms with E-state index in [2.05, 4.69) is 4.72 Å². The van der Waals surface area contributed by atoms with E-state index in [1.807, 2.05) is 6.92 Å². The monoisotopic (exact) mass is 342 g/mol. The molecule has 0 unspecified atom stereocenters. The van der Waals surface area contributed by atoms with Crippen LogP contribution in [0.25, 0.3) is 0 Å². The van der Waals surface area contributed by atoms with Gasteiger partial charge in [-0.25, -0.2) is 17.5 Å². The minimum absolute atomic E-state index is 0.0538. The van der Waals surface area contributed by atoms with Crippen molar-refractivity contribution >= 4 is 15.9 Å². The van der Waals surface area contributed by atoms with Gasteiger partial charge >= 0.3 is 0 Å². The summed E-state index contributed by atoms with van der Waals surface area (Å²) in [7, 11) is -3.67. The average molecular weight is 342 g/mol. The first-order valence-electron chi connectivity index (χ1n) is 7.81. The van der Waals surface area contributed by atoms with Gasteiger partial charge in [-0.3, -0.25) is 4.79 Å². The predicted octanol–water partition coefficient (Wildman–Crippen LogP) is 1.89. The van der Waals surface area contributed by atoms with Crippen molar-refractivity contribution in [2.75, 3.05) is 13.1 Å². The minimum atomic E-state index is -3.67. The second-order valence-electron chi connectivity index (χ2n) is 6.05. The van der Waals surface area contributed by atoms with Gasteiger partial charge in [0.15, 0.2) is 0 Å². The molecule has 0 spiro atoms. The molecule has 2 atom stereocenters. The van der Waals surface area contributed by atoms with Crippen LogP contribution in [0.5, 0.6) is 0 Å². The van der Waals surface area contributed by atoms with E-state index in [1.165, 1.54) is 25.1 Å². The molecule has 1 aliphatic rings. The highest BCUT2D eigenvalue weighted by Gasteiger charge is 2.35. The molecule has 1 fully saturated rings. The maximum Gasteiger partial charge on any atom is 0.219 e. The third kappa shape index (κ3) is 4.75. The zero-order chi connectivity index (χ0) is 17.0. The third-order valence-corrected chi connectivity index (χ3v) is 5.53. The van der Waals surface area contributed by atoms with Gasteiger partial charge in [-0.15, -0.1) is 0 Å². The Bertz CT molecular complexity index is 663. The number of likely N-dealkylation sites (tertiary alicyclic amines) is 1. The first-order chi connectivity index (χ1) is 10.8. The van der Waals surface area contributed by atoms with Crippen LogP contribution in [0, 0.1) is 11.7 Å². The molecule has 23 heavy (non-hydrogen) atoms. The number of amides is 1. The molecule has 1 amide bonds. The first-order valence-corrected chi connectivity index (χ1v) is 9.46. The number of nitrogens with one attached hydrogen (secondary N) is 1. The van der Waals surface area contributed by atoms with Gasteiger partial charge in [0.25, 0.3) is 0 Å². The highest BCUT2D eigenvalue weighted by molar-refractivity contribution is 7.88. The summed E-state index contributed by atoms with van der Waals surface area (Å²) in [6, 6.07) is 5.54. The van der Waals surface area contributed by atoms with Crippen LogP contribution in [0.15, 0.2) is 24.3 Å². The molecule has 0 aliphatic carbocycles. The number of sulfonamides is 1. The van der Waals surface area contributed by atoms with Crippen molar-refractivity contribution in [1.82, 2.24) is 9.62 Å². The normalized spacial score (nSPS) is 21.6. The molecular formula is C16H23FN2O3S. The lowest BCUT2D eigenvalue weighted by atomic mass is 9.99. The highest BCUT2D eigenvalue weighted by Crippen LogP contribution is 2.23. The van der Waals surface area contributed by atoms with Crippen molar-refractivity contribution in [3.05, 3.63) is 35.6 Å². The van der Waals surface area contributed by atoms with Crippen LogP contribution in [-0.2, 0) is 20.6 Å². The van der Waals surface area contributed by atoms with Crippen LogP contribution in [0.2, 0.25) is 0 Å². The van der Waals surface area contributed by atoms with Gasteiger partial charge in [0.05, 0.1) is 5.75 Å². The predicted molar refractivity (Wildman–Crippen MR) is 86.6 cm³/mol. The second kappa shape index (κ2) is 7.40. The Morgan fingerprint density at radius 1 is 1.35 bits per heavy atom. The van der Waals surface area contributed by atoms with Gasteiger partial charge in [0.2, 0.25) is 15.9 Å². The molecule has 1 saturated heterocycles. The van der Waals surface area contributed by atoms with Crippen molar-refractivity contribution in [2.45, 2.75) is 38.5 Å². The van der Waals surface area contributed by atoms with Gasteiger partial charge in [0.1, 0.15) is 5.82 Å². The van der Waals surface area contributed by atoms with Gasteiger partial charge in [0, 0.05) is 31.6 Å². The molecule has 1 aliphatic heterocycles. The van der Waals surface area contributed by atoms with E-state index < -0.39 is 21.6 Å². The number of rotatable bonds is 6. The average Bonchev–Trinajstić information content (AvgIpc) is 2.84. The topological polar surface area (TPSA) is 66.5 Å². The summed E-state index contributed by atoms with van der Waals surface area (Å²) in [4.78, 5) is 13.2. The van der Waals surface area contributed by atoms with E-state index in [9.17, 15) is 17.6 Å². The molecule has 7 heteroatoms. The molecule has 1 aromatic rings. The van der Waals surface area contributed by atoms with Crippen molar-refractivity contribution in [3.63, 3.8) is 0 Å². The van der Waals surface area contributed by atoms with E-state index in [0.29, 0.717) is 13.1 Å². The maximum absolute atomic E-state index is 13.7. The number of hydrogen-bond acceptors (Lipinski definition) is 3. The summed E-state index contributed by atoms with van der Waals surface area (Å²) in [5.41, 5.74) is 0.147. The van der Waals surface area contributed by atoms with Crippen molar-refractivity contribution < 1.29 is 17.6 Å². The Morgan fingerprint density at radius 3 is 2.65 bits per heavy atom. The Balaban J connectivity index is 2.09. The molecule has 2 rings (SSSR count). The molecular weight excluding hydrogens is 319 g/mol. The van der Waals surface area contributed by atoms with Gasteiger partial charge in [-0.1, -0.05) is 31.5 Å². The van der Waals surface area contributed by atoms with Gasteiger partial charge in [-0.2, -0.15) is 0 Å². The van der Waals surface area contributed by atoms with Gasteiger partial charge < -0.3 is 4.90 Å². The van der Waals surface area contributed by atoms with Crippen LogP contribution in [0.3, 0.4) is 0 Å². The maximum atomic E-state index is 13.7. The fraction of sp³-hybridized carbons (Fsp3) is 0.562. The largest absolute Gasteiger partial charge is 0.341 e. The summed E-state index contributed by atoms with van der Waals surface area (Å²) in [6.07, 6.45) is 1.76. The zero-order valence-corrected chi connectivity index (χ0v) is 14.3. The Morgan fingerprint density at radius 2 is 2.04 bits per heavy atom. The van der Waals surface area contributed by atoms with Crippen LogP contribution < -0.4 is 4.72 Å². The van der Waals surface area contributed by atoms with E-state index in [0.717, 1.165) is 12.8 Å². The molecule has 0 radical (unpaired) electrons. The lowest BCUT2D eigenvalue weighted by Crippen LogP contribution is -2.41. The summed E-state index contributed by atoms with van der Waals surface area (Å²) in [6.45, 7) is 4.45. The Kier molecular flexibility index (Phi) is 5.75. The lowest BCUT2D eigenvalue weighted by Gasteiger charge is -2.19. The van der Waals surface area contributed by atoms with Crippen LogP contribution in [0.1, 0.15) is 32.3 Å². The molecule has 0 aromatic heterocycles. The van der Waals surface area contributed by atoms with E-state index in [-0.39, 0.29) is 23.4 Å². The fourth-order valence-corrected chi connectivity index (χ4v) is 4.47. The molecule has 1 N–H and O–H groups in total. The Labute approximate surface area is 136 Å². The number of carbonyl (C=O) groups excluding carboxylic acids is 1. The first kappa shape index (κ1) is 17.9. The quantitative estimate of drug-likeness (QED) is 0.858. The standard InChI is InChI=1S/C16H23FN2O3S/c1-3-6-13-9-19(12(2)20)10-16(13)18-23(21,22)11-14-7-4-5-8-15(14)17/h4-5,7-8,13,16,18H,3,6,9-11H2,1-2H3/t13-,16-/m0/s1. The summed E-state index contributed by atoms with van der Waals surface area (Å²) >= 11 is 0. The van der Waals surface area contributed by atoms with Crippen molar-refractivity contribution in [2.24, 2.45) is 5.92 Å². The highest BCUT2D eigenvalue weighted by atomic mass is 32.2. The smallest absolute Gasteiger partial charge is 0.219 e. The van der Waals surface area contributed by atoms with E-state index in [4.69, 9.17) is 0 Å². The number of carbonyl (C=O) groups is 1. The zero-order valence-electron chi connectivity index (χ0n) is 13.5. The molecule has 0 bridgehead atoms. The van der Waals surface area contributed by atoms with E-state index in [1.54, 1.807) is 11.0 Å².